The summed E-state index contributed by atoms with van der Waals surface area (Å²) in [6, 6.07) is 14.6. The standard InChI is InChI=1S/C24H19N3O2/c28-23-12-16(9-10-25-23)22-13-19(18-6-2-4-8-21(18)27-22)24(29)17-11-15-5-1-3-7-20(15)26-14-17/h2,4,6,8-14H,1,3,5,7H2,(H,25,28). The second kappa shape index (κ2) is 7.09. The largest absolute Gasteiger partial charge is 0.329 e. The van der Waals surface area contributed by atoms with Crippen LogP contribution in [-0.2, 0) is 12.8 Å². The maximum Gasteiger partial charge on any atom is 0.248 e. The van der Waals surface area contributed by atoms with E-state index in [0.717, 1.165) is 42.3 Å². The van der Waals surface area contributed by atoms with Crippen LogP contribution in [-0.4, -0.2) is 20.7 Å². The van der Waals surface area contributed by atoms with E-state index in [-0.39, 0.29) is 11.3 Å². The number of carbonyl (C=O) groups is 1. The first kappa shape index (κ1) is 17.5. The molecular formula is C24H19N3O2. The number of H-pyrrole nitrogens is 1. The minimum Gasteiger partial charge on any atom is -0.329 e. The molecule has 0 unspecified atom stereocenters. The van der Waals surface area contributed by atoms with Crippen LogP contribution in [0.15, 0.2) is 65.7 Å². The lowest BCUT2D eigenvalue weighted by Crippen LogP contribution is -2.10. The van der Waals surface area contributed by atoms with Crippen LogP contribution in [0.5, 0.6) is 0 Å². The van der Waals surface area contributed by atoms with E-state index in [0.29, 0.717) is 22.4 Å². The van der Waals surface area contributed by atoms with E-state index in [2.05, 4.69) is 15.0 Å². The van der Waals surface area contributed by atoms with E-state index >= 15 is 0 Å². The molecule has 0 atom stereocenters. The second-order valence-electron chi connectivity index (χ2n) is 7.38. The maximum absolute atomic E-state index is 13.5. The highest BCUT2D eigenvalue weighted by molar-refractivity contribution is 6.16. The van der Waals surface area contributed by atoms with Crippen LogP contribution in [0, 0.1) is 0 Å². The molecule has 5 nitrogen and oxygen atoms in total. The molecule has 0 aliphatic heterocycles. The number of nitrogens with one attached hydrogen (secondary N) is 1. The van der Waals surface area contributed by atoms with Crippen molar-refractivity contribution in [3.63, 3.8) is 0 Å². The smallest absolute Gasteiger partial charge is 0.248 e. The van der Waals surface area contributed by atoms with Crippen LogP contribution < -0.4 is 5.56 Å². The molecule has 0 amide bonds. The molecule has 142 valence electrons. The van der Waals surface area contributed by atoms with Gasteiger partial charge in [0.05, 0.1) is 11.2 Å². The second-order valence-corrected chi connectivity index (χ2v) is 7.38. The van der Waals surface area contributed by atoms with E-state index in [4.69, 9.17) is 0 Å². The first-order valence-electron chi connectivity index (χ1n) is 9.80. The number of aromatic amines is 1. The third kappa shape index (κ3) is 3.25. The number of benzene rings is 1. The number of hydrogen-bond donors (Lipinski definition) is 1. The fraction of sp³-hybridized carbons (Fsp3) is 0.167. The molecular weight excluding hydrogens is 362 g/mol. The number of rotatable bonds is 3. The SMILES string of the molecule is O=C(c1cnc2c(c1)CCCC2)c1cc(-c2cc[nH]c(=O)c2)nc2ccccc12. The van der Waals surface area contributed by atoms with Gasteiger partial charge in [0.15, 0.2) is 5.78 Å². The molecule has 1 N–H and O–H groups in total. The van der Waals surface area contributed by atoms with E-state index in [1.54, 1.807) is 24.5 Å². The molecule has 0 radical (unpaired) electrons. The van der Waals surface area contributed by atoms with Gasteiger partial charge in [-0.2, -0.15) is 0 Å². The lowest BCUT2D eigenvalue weighted by atomic mass is 9.92. The Labute approximate surface area is 167 Å². The summed E-state index contributed by atoms with van der Waals surface area (Å²) < 4.78 is 0. The van der Waals surface area contributed by atoms with Crippen LogP contribution in [0.2, 0.25) is 0 Å². The number of aromatic nitrogens is 3. The summed E-state index contributed by atoms with van der Waals surface area (Å²) in [6.45, 7) is 0. The van der Waals surface area contributed by atoms with Crippen molar-refractivity contribution in [1.29, 1.82) is 0 Å². The topological polar surface area (TPSA) is 75.7 Å². The fourth-order valence-electron chi connectivity index (χ4n) is 3.98. The van der Waals surface area contributed by atoms with Gasteiger partial charge in [0.25, 0.3) is 0 Å². The van der Waals surface area contributed by atoms with Gasteiger partial charge in [-0.25, -0.2) is 4.98 Å². The van der Waals surface area contributed by atoms with E-state index in [1.807, 2.05) is 30.3 Å². The Kier molecular flexibility index (Phi) is 4.28. The molecule has 29 heavy (non-hydrogen) atoms. The normalized spacial score (nSPS) is 13.2. The molecule has 0 saturated heterocycles. The van der Waals surface area contributed by atoms with Gasteiger partial charge in [-0.15, -0.1) is 0 Å². The Morgan fingerprint density at radius 1 is 1.00 bits per heavy atom. The molecule has 3 heterocycles. The third-order valence-corrected chi connectivity index (χ3v) is 5.46. The summed E-state index contributed by atoms with van der Waals surface area (Å²) in [6.07, 6.45) is 7.52. The predicted molar refractivity (Wildman–Crippen MR) is 112 cm³/mol. The van der Waals surface area contributed by atoms with Crippen molar-refractivity contribution in [3.8, 4) is 11.3 Å². The van der Waals surface area contributed by atoms with Crippen LogP contribution in [0.3, 0.4) is 0 Å². The Morgan fingerprint density at radius 2 is 1.86 bits per heavy atom. The van der Waals surface area contributed by atoms with Gasteiger partial charge < -0.3 is 4.98 Å². The number of ketones is 1. The van der Waals surface area contributed by atoms with E-state index < -0.39 is 0 Å². The highest BCUT2D eigenvalue weighted by atomic mass is 16.1. The molecule has 0 bridgehead atoms. The molecule has 0 fully saturated rings. The monoisotopic (exact) mass is 381 g/mol. The average Bonchev–Trinajstić information content (AvgIpc) is 2.77. The molecule has 1 aliphatic carbocycles. The van der Waals surface area contributed by atoms with Crippen LogP contribution in [0.4, 0.5) is 0 Å². The number of hydrogen-bond acceptors (Lipinski definition) is 4. The Bertz CT molecular complexity index is 1310. The molecule has 1 aliphatic rings. The Hall–Kier alpha value is -3.60. The molecule has 0 saturated carbocycles. The minimum absolute atomic E-state index is 0.0736. The molecule has 5 heteroatoms. The van der Waals surface area contributed by atoms with Crippen LogP contribution in [0.25, 0.3) is 22.2 Å². The summed E-state index contributed by atoms with van der Waals surface area (Å²) in [5.41, 5.74) is 5.25. The van der Waals surface area contributed by atoms with E-state index in [9.17, 15) is 9.59 Å². The highest BCUT2D eigenvalue weighted by Gasteiger charge is 2.19. The number of carbonyl (C=O) groups excluding carboxylic acids is 1. The first-order chi connectivity index (χ1) is 14.2. The van der Waals surface area contributed by atoms with Crippen molar-refractivity contribution in [2.45, 2.75) is 25.7 Å². The molecule has 0 spiro atoms. The summed E-state index contributed by atoms with van der Waals surface area (Å²) in [5.74, 6) is -0.0736. The zero-order chi connectivity index (χ0) is 19.8. The van der Waals surface area contributed by atoms with Crippen molar-refractivity contribution in [1.82, 2.24) is 15.0 Å². The van der Waals surface area contributed by atoms with E-state index in [1.165, 1.54) is 11.6 Å². The van der Waals surface area contributed by atoms with Gasteiger partial charge in [-0.3, -0.25) is 14.6 Å². The zero-order valence-corrected chi connectivity index (χ0v) is 15.8. The highest BCUT2D eigenvalue weighted by Crippen LogP contribution is 2.27. The Balaban J connectivity index is 1.67. The lowest BCUT2D eigenvalue weighted by molar-refractivity contribution is 0.103. The van der Waals surface area contributed by atoms with Gasteiger partial charge >= 0.3 is 0 Å². The lowest BCUT2D eigenvalue weighted by Gasteiger charge is -2.15. The molecule has 3 aromatic heterocycles. The number of fused-ring (bicyclic) bond motifs is 2. The molecule has 5 rings (SSSR count). The number of aryl methyl sites for hydroxylation is 2. The summed E-state index contributed by atoms with van der Waals surface area (Å²) in [4.78, 5) is 37.0. The maximum atomic E-state index is 13.5. The average molecular weight is 381 g/mol. The molecule has 4 aromatic rings. The van der Waals surface area contributed by atoms with Crippen molar-refractivity contribution >= 4 is 16.7 Å². The number of para-hydroxylation sites is 1. The predicted octanol–water partition coefficient (Wildman–Crippen LogP) is 4.09. The van der Waals surface area contributed by atoms with Crippen molar-refractivity contribution in [2.75, 3.05) is 0 Å². The van der Waals surface area contributed by atoms with Crippen LogP contribution in [0.1, 0.15) is 40.0 Å². The van der Waals surface area contributed by atoms with Crippen molar-refractivity contribution in [3.05, 3.63) is 93.7 Å². The van der Waals surface area contributed by atoms with Crippen LogP contribution >= 0.6 is 0 Å². The van der Waals surface area contributed by atoms with Gasteiger partial charge in [0.2, 0.25) is 5.56 Å². The van der Waals surface area contributed by atoms with Gasteiger partial charge in [0.1, 0.15) is 0 Å². The third-order valence-electron chi connectivity index (χ3n) is 5.46. The summed E-state index contributed by atoms with van der Waals surface area (Å²) in [7, 11) is 0. The zero-order valence-electron chi connectivity index (χ0n) is 15.8. The van der Waals surface area contributed by atoms with Gasteiger partial charge in [0, 0.05) is 46.2 Å². The summed E-state index contributed by atoms with van der Waals surface area (Å²) >= 11 is 0. The fourth-order valence-corrected chi connectivity index (χ4v) is 3.98. The minimum atomic E-state index is -0.204. The number of pyridine rings is 3. The molecule has 1 aromatic carbocycles. The van der Waals surface area contributed by atoms with Crippen molar-refractivity contribution in [2.24, 2.45) is 0 Å². The van der Waals surface area contributed by atoms with Gasteiger partial charge in [-0.1, -0.05) is 18.2 Å². The quantitative estimate of drug-likeness (QED) is 0.542. The van der Waals surface area contributed by atoms with Crippen molar-refractivity contribution < 1.29 is 4.79 Å². The first-order valence-corrected chi connectivity index (χ1v) is 9.80. The Morgan fingerprint density at radius 3 is 2.76 bits per heavy atom. The summed E-state index contributed by atoms with van der Waals surface area (Å²) in [5, 5.41) is 0.795. The number of nitrogens with zero attached hydrogens (tertiary/aromatic N) is 2. The van der Waals surface area contributed by atoms with Gasteiger partial charge in [-0.05, 0) is 55.5 Å².